The van der Waals surface area contributed by atoms with Crippen molar-refractivity contribution in [3.63, 3.8) is 0 Å². The Labute approximate surface area is 96.7 Å². The summed E-state index contributed by atoms with van der Waals surface area (Å²) in [4.78, 5) is 0. The Bertz CT molecular complexity index is 327. The first kappa shape index (κ1) is 12.6. The first-order chi connectivity index (χ1) is 7.67. The summed E-state index contributed by atoms with van der Waals surface area (Å²) in [6, 6.07) is 5.97. The molecular formula is C12H20N2O2. The summed E-state index contributed by atoms with van der Waals surface area (Å²) in [5.41, 5.74) is 6.69. The van der Waals surface area contributed by atoms with Crippen LogP contribution in [0, 0.1) is 0 Å². The molecule has 0 amide bonds. The van der Waals surface area contributed by atoms with Gasteiger partial charge in [0.05, 0.1) is 14.2 Å². The molecule has 0 aliphatic carbocycles. The number of nitrogens with two attached hydrogens (primary N) is 1. The summed E-state index contributed by atoms with van der Waals surface area (Å²) in [7, 11) is 3.25. The summed E-state index contributed by atoms with van der Waals surface area (Å²) in [5, 5.41) is 3.29. The molecule has 1 aromatic rings. The van der Waals surface area contributed by atoms with E-state index in [4.69, 9.17) is 15.2 Å². The van der Waals surface area contributed by atoms with E-state index in [2.05, 4.69) is 5.32 Å². The highest BCUT2D eigenvalue weighted by molar-refractivity contribution is 5.54. The predicted octanol–water partition coefficient (Wildman–Crippen LogP) is 1.85. The van der Waals surface area contributed by atoms with Crippen LogP contribution in [0.2, 0.25) is 0 Å². The Hall–Kier alpha value is -1.42. The van der Waals surface area contributed by atoms with Gasteiger partial charge in [0.15, 0.2) is 11.5 Å². The van der Waals surface area contributed by atoms with E-state index in [1.54, 1.807) is 14.2 Å². The van der Waals surface area contributed by atoms with Gasteiger partial charge in [0.1, 0.15) is 0 Å². The topological polar surface area (TPSA) is 56.5 Å². The van der Waals surface area contributed by atoms with Crippen molar-refractivity contribution in [3.05, 3.63) is 18.2 Å². The van der Waals surface area contributed by atoms with E-state index in [0.717, 1.165) is 30.2 Å². The van der Waals surface area contributed by atoms with Gasteiger partial charge in [-0.25, -0.2) is 0 Å². The summed E-state index contributed by atoms with van der Waals surface area (Å²) < 4.78 is 10.4. The number of hydrogen-bond donors (Lipinski definition) is 2. The molecule has 4 heteroatoms. The lowest BCUT2D eigenvalue weighted by atomic mass is 10.2. The largest absolute Gasteiger partial charge is 0.493 e. The average Bonchev–Trinajstić information content (AvgIpc) is 2.28. The molecule has 0 radical (unpaired) electrons. The molecule has 1 rings (SSSR count). The highest BCUT2D eigenvalue weighted by Crippen LogP contribution is 2.29. The van der Waals surface area contributed by atoms with Crippen LogP contribution in [0.5, 0.6) is 11.5 Å². The summed E-state index contributed by atoms with van der Waals surface area (Å²) in [6.07, 6.45) is 0.939. The fraction of sp³-hybridized carbons (Fsp3) is 0.500. The maximum atomic E-state index is 5.67. The molecule has 3 N–H and O–H groups in total. The van der Waals surface area contributed by atoms with Crippen molar-refractivity contribution >= 4 is 5.69 Å². The molecule has 16 heavy (non-hydrogen) atoms. The van der Waals surface area contributed by atoms with Gasteiger partial charge in [-0.1, -0.05) is 0 Å². The van der Waals surface area contributed by atoms with Gasteiger partial charge in [-0.2, -0.15) is 0 Å². The third-order valence-corrected chi connectivity index (χ3v) is 2.31. The van der Waals surface area contributed by atoms with Crippen molar-refractivity contribution in [1.82, 2.24) is 0 Å². The SMILES string of the molecule is COc1ccc(NCCC(C)N)cc1OC. The van der Waals surface area contributed by atoms with E-state index in [1.807, 2.05) is 25.1 Å². The zero-order valence-electron chi connectivity index (χ0n) is 10.1. The smallest absolute Gasteiger partial charge is 0.162 e. The molecule has 0 aliphatic rings. The number of benzene rings is 1. The molecule has 0 saturated heterocycles. The number of hydrogen-bond acceptors (Lipinski definition) is 4. The first-order valence-electron chi connectivity index (χ1n) is 5.39. The minimum Gasteiger partial charge on any atom is -0.493 e. The number of anilines is 1. The standard InChI is InChI=1S/C12H20N2O2/c1-9(13)6-7-14-10-4-5-11(15-2)12(8-10)16-3/h4-5,8-9,14H,6-7,13H2,1-3H3. The van der Waals surface area contributed by atoms with Crippen molar-refractivity contribution in [1.29, 1.82) is 0 Å². The van der Waals surface area contributed by atoms with E-state index >= 15 is 0 Å². The molecule has 0 aliphatic heterocycles. The van der Waals surface area contributed by atoms with Gasteiger partial charge in [0.25, 0.3) is 0 Å². The van der Waals surface area contributed by atoms with Gasteiger partial charge in [-0.15, -0.1) is 0 Å². The van der Waals surface area contributed by atoms with Gasteiger partial charge in [0.2, 0.25) is 0 Å². The van der Waals surface area contributed by atoms with Crippen LogP contribution < -0.4 is 20.5 Å². The predicted molar refractivity (Wildman–Crippen MR) is 66.3 cm³/mol. The minimum atomic E-state index is 0.215. The maximum absolute atomic E-state index is 5.67. The first-order valence-corrected chi connectivity index (χ1v) is 5.39. The molecule has 0 bridgehead atoms. The molecule has 1 atom stereocenters. The Kier molecular flexibility index (Phi) is 4.92. The molecular weight excluding hydrogens is 204 g/mol. The van der Waals surface area contributed by atoms with Crippen LogP contribution in [0.15, 0.2) is 18.2 Å². The van der Waals surface area contributed by atoms with E-state index in [9.17, 15) is 0 Å². The van der Waals surface area contributed by atoms with Gasteiger partial charge >= 0.3 is 0 Å². The lowest BCUT2D eigenvalue weighted by Crippen LogP contribution is -2.19. The van der Waals surface area contributed by atoms with E-state index < -0.39 is 0 Å². The van der Waals surface area contributed by atoms with Crippen LogP contribution in [0.3, 0.4) is 0 Å². The highest BCUT2D eigenvalue weighted by Gasteiger charge is 2.04. The molecule has 0 fully saturated rings. The summed E-state index contributed by atoms with van der Waals surface area (Å²) in [6.45, 7) is 2.85. The maximum Gasteiger partial charge on any atom is 0.162 e. The second-order valence-electron chi connectivity index (χ2n) is 3.76. The van der Waals surface area contributed by atoms with Crippen LogP contribution in [-0.4, -0.2) is 26.8 Å². The molecule has 4 nitrogen and oxygen atoms in total. The third kappa shape index (κ3) is 3.62. The Morgan fingerprint density at radius 3 is 2.50 bits per heavy atom. The zero-order valence-corrected chi connectivity index (χ0v) is 10.1. The van der Waals surface area contributed by atoms with Crippen molar-refractivity contribution in [2.24, 2.45) is 5.73 Å². The number of rotatable bonds is 6. The van der Waals surface area contributed by atoms with Crippen LogP contribution in [-0.2, 0) is 0 Å². The summed E-state index contributed by atoms with van der Waals surface area (Å²) in [5.74, 6) is 1.47. The van der Waals surface area contributed by atoms with Gasteiger partial charge in [0, 0.05) is 24.3 Å². The Morgan fingerprint density at radius 1 is 1.25 bits per heavy atom. The van der Waals surface area contributed by atoms with E-state index in [-0.39, 0.29) is 6.04 Å². The number of methoxy groups -OCH3 is 2. The van der Waals surface area contributed by atoms with Gasteiger partial charge in [-0.05, 0) is 25.5 Å². The Morgan fingerprint density at radius 2 is 1.94 bits per heavy atom. The third-order valence-electron chi connectivity index (χ3n) is 2.31. The van der Waals surface area contributed by atoms with Crippen LogP contribution in [0.1, 0.15) is 13.3 Å². The quantitative estimate of drug-likeness (QED) is 0.774. The van der Waals surface area contributed by atoms with Crippen molar-refractivity contribution in [3.8, 4) is 11.5 Å². The second kappa shape index (κ2) is 6.23. The minimum absolute atomic E-state index is 0.215. The Balaban J connectivity index is 2.60. The van der Waals surface area contributed by atoms with Crippen molar-refractivity contribution in [2.75, 3.05) is 26.1 Å². The molecule has 90 valence electrons. The van der Waals surface area contributed by atoms with E-state index in [0.29, 0.717) is 0 Å². The van der Waals surface area contributed by atoms with Crippen molar-refractivity contribution in [2.45, 2.75) is 19.4 Å². The monoisotopic (exact) mass is 224 g/mol. The molecule has 1 unspecified atom stereocenters. The highest BCUT2D eigenvalue weighted by atomic mass is 16.5. The molecule has 0 saturated carbocycles. The lowest BCUT2D eigenvalue weighted by molar-refractivity contribution is 0.355. The number of nitrogens with one attached hydrogen (secondary N) is 1. The van der Waals surface area contributed by atoms with Crippen LogP contribution in [0.4, 0.5) is 5.69 Å². The zero-order chi connectivity index (χ0) is 12.0. The van der Waals surface area contributed by atoms with Gasteiger partial charge in [-0.3, -0.25) is 0 Å². The van der Waals surface area contributed by atoms with E-state index in [1.165, 1.54) is 0 Å². The van der Waals surface area contributed by atoms with Gasteiger partial charge < -0.3 is 20.5 Å². The van der Waals surface area contributed by atoms with Crippen molar-refractivity contribution < 1.29 is 9.47 Å². The summed E-state index contributed by atoms with van der Waals surface area (Å²) >= 11 is 0. The average molecular weight is 224 g/mol. The molecule has 0 aromatic heterocycles. The normalized spacial score (nSPS) is 12.0. The second-order valence-corrected chi connectivity index (χ2v) is 3.76. The molecule has 0 spiro atoms. The van der Waals surface area contributed by atoms with Crippen LogP contribution in [0.25, 0.3) is 0 Å². The lowest BCUT2D eigenvalue weighted by Gasteiger charge is -2.12. The fourth-order valence-electron chi connectivity index (χ4n) is 1.39. The molecule has 0 heterocycles. The van der Waals surface area contributed by atoms with Crippen LogP contribution >= 0.6 is 0 Å². The fourth-order valence-corrected chi connectivity index (χ4v) is 1.39. The molecule has 1 aromatic carbocycles. The number of ether oxygens (including phenoxy) is 2.